The predicted molar refractivity (Wildman–Crippen MR) is 116 cm³/mol. The second-order valence-electron chi connectivity index (χ2n) is 6.60. The van der Waals surface area contributed by atoms with Crippen molar-refractivity contribution in [3.63, 3.8) is 0 Å². The lowest BCUT2D eigenvalue weighted by molar-refractivity contribution is -0.136. The maximum Gasteiger partial charge on any atom is 0.337 e. The lowest BCUT2D eigenvalue weighted by Gasteiger charge is -2.37. The highest BCUT2D eigenvalue weighted by Crippen LogP contribution is 2.34. The zero-order valence-corrected chi connectivity index (χ0v) is 16.9. The van der Waals surface area contributed by atoms with Gasteiger partial charge in [0.2, 0.25) is 0 Å². The topological polar surface area (TPSA) is 59.4 Å². The SMILES string of the molecule is COC(=O)C1=C(C)N(c2ccccc2)C(=S)NC1c1cnn(-c2ccccc2)c1. The number of esters is 1. The van der Waals surface area contributed by atoms with E-state index < -0.39 is 12.0 Å². The normalized spacial score (nSPS) is 16.6. The molecule has 0 bridgehead atoms. The summed E-state index contributed by atoms with van der Waals surface area (Å²) in [6, 6.07) is 19.0. The monoisotopic (exact) mass is 404 g/mol. The van der Waals surface area contributed by atoms with Gasteiger partial charge in [-0.25, -0.2) is 9.48 Å². The first-order valence-electron chi connectivity index (χ1n) is 9.15. The number of thiocarbonyl (C=S) groups is 1. The fourth-order valence-electron chi connectivity index (χ4n) is 3.46. The van der Waals surface area contributed by atoms with Crippen molar-refractivity contribution in [3.05, 3.63) is 89.9 Å². The van der Waals surface area contributed by atoms with Crippen molar-refractivity contribution in [1.82, 2.24) is 15.1 Å². The van der Waals surface area contributed by atoms with E-state index in [4.69, 9.17) is 17.0 Å². The Hall–Kier alpha value is -3.45. The fourth-order valence-corrected chi connectivity index (χ4v) is 3.82. The Morgan fingerprint density at radius 2 is 1.69 bits per heavy atom. The van der Waals surface area contributed by atoms with Crippen molar-refractivity contribution in [2.75, 3.05) is 12.0 Å². The van der Waals surface area contributed by atoms with E-state index in [9.17, 15) is 4.79 Å². The molecule has 1 atom stereocenters. The zero-order valence-electron chi connectivity index (χ0n) is 16.1. The summed E-state index contributed by atoms with van der Waals surface area (Å²) >= 11 is 5.64. The molecule has 0 fully saturated rings. The summed E-state index contributed by atoms with van der Waals surface area (Å²) in [5.74, 6) is -0.407. The van der Waals surface area contributed by atoms with Crippen LogP contribution in [0, 0.1) is 0 Å². The molecule has 2 aromatic carbocycles. The first kappa shape index (κ1) is 18.9. The summed E-state index contributed by atoms with van der Waals surface area (Å²) in [6.07, 6.45) is 3.63. The number of nitrogens with zero attached hydrogens (tertiary/aromatic N) is 3. The number of para-hydroxylation sites is 2. The van der Waals surface area contributed by atoms with Crippen LogP contribution < -0.4 is 10.2 Å². The number of benzene rings is 2. The molecule has 2 heterocycles. The van der Waals surface area contributed by atoms with Gasteiger partial charge in [-0.15, -0.1) is 0 Å². The molecule has 0 saturated carbocycles. The van der Waals surface area contributed by atoms with Gasteiger partial charge in [-0.05, 0) is 43.4 Å². The van der Waals surface area contributed by atoms with Gasteiger partial charge in [0.05, 0.1) is 30.6 Å². The third kappa shape index (κ3) is 3.52. The van der Waals surface area contributed by atoms with Crippen LogP contribution in [0.3, 0.4) is 0 Å². The van der Waals surface area contributed by atoms with E-state index in [-0.39, 0.29) is 0 Å². The molecule has 146 valence electrons. The lowest BCUT2D eigenvalue weighted by atomic mass is 9.97. The highest BCUT2D eigenvalue weighted by atomic mass is 32.1. The van der Waals surface area contributed by atoms with Gasteiger partial charge < -0.3 is 10.1 Å². The molecule has 0 radical (unpaired) electrons. The smallest absolute Gasteiger partial charge is 0.337 e. The number of ether oxygens (including phenoxy) is 1. The van der Waals surface area contributed by atoms with Gasteiger partial charge in [0, 0.05) is 23.1 Å². The Bertz CT molecular complexity index is 1080. The lowest BCUT2D eigenvalue weighted by Crippen LogP contribution is -2.48. The summed E-state index contributed by atoms with van der Waals surface area (Å²) in [6.45, 7) is 1.88. The van der Waals surface area contributed by atoms with Crippen molar-refractivity contribution in [3.8, 4) is 5.69 Å². The molecule has 1 N–H and O–H groups in total. The minimum Gasteiger partial charge on any atom is -0.466 e. The van der Waals surface area contributed by atoms with Gasteiger partial charge in [-0.1, -0.05) is 36.4 Å². The van der Waals surface area contributed by atoms with E-state index in [0.29, 0.717) is 10.7 Å². The Kier molecular flexibility index (Phi) is 5.14. The van der Waals surface area contributed by atoms with Crippen LogP contribution in [0.25, 0.3) is 5.69 Å². The van der Waals surface area contributed by atoms with Crippen molar-refractivity contribution in [2.45, 2.75) is 13.0 Å². The van der Waals surface area contributed by atoms with E-state index in [2.05, 4.69) is 10.4 Å². The Morgan fingerprint density at radius 3 is 2.31 bits per heavy atom. The Morgan fingerprint density at radius 1 is 1.07 bits per heavy atom. The number of rotatable bonds is 4. The molecule has 1 unspecified atom stereocenters. The molecule has 1 aromatic heterocycles. The largest absolute Gasteiger partial charge is 0.466 e. The van der Waals surface area contributed by atoms with Gasteiger partial charge in [0.1, 0.15) is 0 Å². The molecule has 0 spiro atoms. The summed E-state index contributed by atoms with van der Waals surface area (Å²) in [5.41, 5.74) is 3.86. The third-order valence-electron chi connectivity index (χ3n) is 4.86. The number of hydrogen-bond donors (Lipinski definition) is 1. The van der Waals surface area contributed by atoms with Crippen LogP contribution in [0.4, 0.5) is 5.69 Å². The molecule has 0 aliphatic carbocycles. The zero-order chi connectivity index (χ0) is 20.4. The number of aromatic nitrogens is 2. The second kappa shape index (κ2) is 7.89. The minimum atomic E-state index is -0.452. The highest BCUT2D eigenvalue weighted by Gasteiger charge is 2.35. The van der Waals surface area contributed by atoms with Gasteiger partial charge in [-0.3, -0.25) is 4.90 Å². The maximum absolute atomic E-state index is 12.7. The van der Waals surface area contributed by atoms with Crippen LogP contribution in [-0.4, -0.2) is 28.0 Å². The van der Waals surface area contributed by atoms with Crippen LogP contribution in [0.15, 0.2) is 84.3 Å². The second-order valence-corrected chi connectivity index (χ2v) is 6.98. The number of carbonyl (C=O) groups excluding carboxylic acids is 1. The van der Waals surface area contributed by atoms with Gasteiger partial charge in [0.25, 0.3) is 0 Å². The summed E-state index contributed by atoms with van der Waals surface area (Å²) in [7, 11) is 1.38. The van der Waals surface area contributed by atoms with Gasteiger partial charge in [-0.2, -0.15) is 5.10 Å². The number of allylic oxidation sites excluding steroid dienone is 1. The molecule has 0 saturated heterocycles. The van der Waals surface area contributed by atoms with Crippen LogP contribution in [0.5, 0.6) is 0 Å². The van der Waals surface area contributed by atoms with E-state index in [1.807, 2.05) is 78.7 Å². The minimum absolute atomic E-state index is 0.407. The van der Waals surface area contributed by atoms with Crippen LogP contribution in [-0.2, 0) is 9.53 Å². The van der Waals surface area contributed by atoms with Crippen molar-refractivity contribution >= 4 is 29.0 Å². The summed E-state index contributed by atoms with van der Waals surface area (Å²) in [5, 5.41) is 8.25. The number of carbonyl (C=O) groups is 1. The predicted octanol–water partition coefficient (Wildman–Crippen LogP) is 3.76. The van der Waals surface area contributed by atoms with Crippen molar-refractivity contribution in [1.29, 1.82) is 0 Å². The Labute approximate surface area is 174 Å². The van der Waals surface area contributed by atoms with Crippen LogP contribution in [0.1, 0.15) is 18.5 Å². The highest BCUT2D eigenvalue weighted by molar-refractivity contribution is 7.80. The molecule has 1 aliphatic heterocycles. The van der Waals surface area contributed by atoms with E-state index >= 15 is 0 Å². The Balaban J connectivity index is 1.78. The number of hydrogen-bond acceptors (Lipinski definition) is 4. The number of nitrogens with one attached hydrogen (secondary N) is 1. The quantitative estimate of drug-likeness (QED) is 0.528. The summed E-state index contributed by atoms with van der Waals surface area (Å²) < 4.78 is 6.86. The molecular formula is C22H20N4O2S. The molecule has 4 rings (SSSR count). The van der Waals surface area contributed by atoms with Crippen LogP contribution in [0.2, 0.25) is 0 Å². The van der Waals surface area contributed by atoms with Crippen LogP contribution >= 0.6 is 12.2 Å². The van der Waals surface area contributed by atoms with Crippen molar-refractivity contribution in [2.24, 2.45) is 0 Å². The van der Waals surface area contributed by atoms with Gasteiger partial charge in [0.15, 0.2) is 5.11 Å². The van der Waals surface area contributed by atoms with E-state index in [0.717, 1.165) is 22.6 Å². The van der Waals surface area contributed by atoms with Gasteiger partial charge >= 0.3 is 5.97 Å². The third-order valence-corrected chi connectivity index (χ3v) is 5.16. The maximum atomic E-state index is 12.7. The molecule has 7 heteroatoms. The molecule has 0 amide bonds. The van der Waals surface area contributed by atoms with E-state index in [1.165, 1.54) is 7.11 Å². The fraction of sp³-hybridized carbons (Fsp3) is 0.136. The van der Waals surface area contributed by atoms with E-state index in [1.54, 1.807) is 10.9 Å². The summed E-state index contributed by atoms with van der Waals surface area (Å²) in [4.78, 5) is 14.6. The first-order valence-corrected chi connectivity index (χ1v) is 9.55. The molecule has 6 nitrogen and oxygen atoms in total. The van der Waals surface area contributed by atoms with Crippen molar-refractivity contribution < 1.29 is 9.53 Å². The average Bonchev–Trinajstić information content (AvgIpc) is 3.24. The number of anilines is 1. The molecule has 3 aromatic rings. The molecular weight excluding hydrogens is 384 g/mol. The average molecular weight is 404 g/mol. The first-order chi connectivity index (χ1) is 14.1. The molecule has 1 aliphatic rings. The number of methoxy groups -OCH3 is 1. The molecule has 29 heavy (non-hydrogen) atoms. The standard InChI is InChI=1S/C22H20N4O2S/c1-15-19(21(27)28-2)20(24-22(29)26(15)18-11-7-4-8-12-18)16-13-23-25(14-16)17-9-5-3-6-10-17/h3-14,20H,1-2H3,(H,24,29).